The number of hydrogen-bond acceptors (Lipinski definition) is 14. The Kier molecular flexibility index (Phi) is 75.1. The highest BCUT2D eigenvalue weighted by Gasteiger charge is 2.29. The molecule has 0 bridgehead atoms. The molecule has 0 aromatic rings. The molecule has 0 amide bonds. The Bertz CT molecular complexity index is 2540. The number of esters is 3. The fourth-order valence-corrected chi connectivity index (χ4v) is 12.2. The summed E-state index contributed by atoms with van der Waals surface area (Å²) in [6.07, 6.45) is 98.5. The topological polar surface area (TPSA) is 231 Å². The average molecular weight is 1510 g/mol. The number of aliphatic hydroxyl groups is 2. The minimum Gasteiger partial charge on any atom is -0.463 e. The predicted molar refractivity (Wildman–Crippen MR) is 435 cm³/mol. The number of rotatable bonds is 76. The van der Waals surface area contributed by atoms with Crippen molar-refractivity contribution in [2.75, 3.05) is 39.6 Å². The first-order chi connectivity index (χ1) is 51.2. The van der Waals surface area contributed by atoms with Crippen LogP contribution >= 0.6 is 15.6 Å². The van der Waals surface area contributed by atoms with Gasteiger partial charge in [-0.1, -0.05) is 307 Å². The number of carbonyl (C=O) groups is 3. The number of hydrogen-bond donors (Lipinski definition) is 4. The lowest BCUT2D eigenvalue weighted by atomic mass is 10.1. The summed E-state index contributed by atoms with van der Waals surface area (Å²) in [5.74, 6) is -1.60. The highest BCUT2D eigenvalue weighted by Crippen LogP contribution is 2.45. The Morgan fingerprint density at radius 3 is 0.810 bits per heavy atom. The van der Waals surface area contributed by atoms with Gasteiger partial charge >= 0.3 is 33.6 Å². The van der Waals surface area contributed by atoms with Crippen molar-refractivity contribution < 1.29 is 75.8 Å². The zero-order valence-corrected chi connectivity index (χ0v) is 67.4. The van der Waals surface area contributed by atoms with Gasteiger partial charge < -0.3 is 34.2 Å². The number of unbranched alkanes of at least 4 members (excludes halogenated alkanes) is 27. The maximum absolute atomic E-state index is 13.0. The van der Waals surface area contributed by atoms with Crippen molar-refractivity contribution in [2.24, 2.45) is 0 Å². The van der Waals surface area contributed by atoms with Gasteiger partial charge in [-0.05, 0) is 148 Å². The van der Waals surface area contributed by atoms with E-state index >= 15 is 0 Å². The molecule has 0 saturated heterocycles. The van der Waals surface area contributed by atoms with Gasteiger partial charge in [0.25, 0.3) is 0 Å². The monoisotopic (exact) mass is 1510 g/mol. The van der Waals surface area contributed by atoms with Gasteiger partial charge in [-0.3, -0.25) is 32.5 Å². The summed E-state index contributed by atoms with van der Waals surface area (Å²) >= 11 is 0. The number of carbonyl (C=O) groups excluding carboxylic acids is 3. The summed E-state index contributed by atoms with van der Waals surface area (Å²) in [6.45, 7) is 2.43. The molecule has 600 valence electrons. The largest absolute Gasteiger partial charge is 0.472 e. The third kappa shape index (κ3) is 80.0. The summed E-state index contributed by atoms with van der Waals surface area (Å²) in [6, 6.07) is 0. The van der Waals surface area contributed by atoms with Crippen molar-refractivity contribution in [1.82, 2.24) is 0 Å². The highest BCUT2D eigenvalue weighted by atomic mass is 31.2. The SMILES string of the molecule is CC/C=C\C/C=C\C/C=C\C/C=C\C/C=C\C/C=C\CCCCCCCCCCC(=O)OCC(O)COP(=O)(O)OCC(O)COP(=O)(O)OCC(COC(=O)CCCCCCCCCC/C=C\C/C=C\C/C=C\C/C=C\C/C=C\C/C=C\CC)OC(=O)CCCCCCC/C=C\CCCCCCCC. The molecule has 0 radical (unpaired) electrons. The van der Waals surface area contributed by atoms with Crippen LogP contribution in [-0.2, 0) is 55.8 Å². The van der Waals surface area contributed by atoms with Gasteiger partial charge in [-0.2, -0.15) is 0 Å². The zero-order chi connectivity index (χ0) is 76.6. The Labute approximate surface area is 638 Å². The van der Waals surface area contributed by atoms with Gasteiger partial charge in [-0.15, -0.1) is 0 Å². The van der Waals surface area contributed by atoms with Crippen molar-refractivity contribution >= 4 is 33.6 Å². The Morgan fingerprint density at radius 2 is 0.505 bits per heavy atom. The summed E-state index contributed by atoms with van der Waals surface area (Å²) in [4.78, 5) is 58.7. The Balaban J connectivity index is 4.61. The van der Waals surface area contributed by atoms with E-state index in [4.69, 9.17) is 32.3 Å². The van der Waals surface area contributed by atoms with Gasteiger partial charge in [-0.25, -0.2) is 9.13 Å². The lowest BCUT2D eigenvalue weighted by molar-refractivity contribution is -0.161. The molecule has 4 N–H and O–H groups in total. The first-order valence-corrected chi connectivity index (χ1v) is 43.8. The van der Waals surface area contributed by atoms with Gasteiger partial charge in [0.15, 0.2) is 6.10 Å². The summed E-state index contributed by atoms with van der Waals surface area (Å²) < 4.78 is 61.2. The van der Waals surface area contributed by atoms with E-state index in [0.29, 0.717) is 19.3 Å². The van der Waals surface area contributed by atoms with Gasteiger partial charge in [0.2, 0.25) is 0 Å². The van der Waals surface area contributed by atoms with E-state index in [1.807, 2.05) is 0 Å². The molecule has 0 aliphatic carbocycles. The Hall–Kier alpha value is -4.83. The highest BCUT2D eigenvalue weighted by molar-refractivity contribution is 7.47. The molecule has 0 rings (SSSR count). The normalized spacial score (nSPS) is 14.8. The second kappa shape index (κ2) is 78.7. The van der Waals surface area contributed by atoms with E-state index in [9.17, 15) is 43.5 Å². The van der Waals surface area contributed by atoms with E-state index in [2.05, 4.69) is 179 Å². The number of phosphoric acid groups is 2. The molecular weight excluding hydrogens is 1360 g/mol. The first-order valence-electron chi connectivity index (χ1n) is 40.8. The van der Waals surface area contributed by atoms with Crippen LogP contribution in [0.4, 0.5) is 0 Å². The fraction of sp³-hybridized carbons (Fsp3) is 0.667. The van der Waals surface area contributed by atoms with Crippen LogP contribution in [-0.4, -0.2) is 95.9 Å². The molecule has 0 aliphatic heterocycles. The minimum atomic E-state index is -4.94. The third-order valence-electron chi connectivity index (χ3n) is 16.7. The van der Waals surface area contributed by atoms with E-state index in [-0.39, 0.29) is 19.3 Å². The lowest BCUT2D eigenvalue weighted by Crippen LogP contribution is -2.30. The summed E-state index contributed by atoms with van der Waals surface area (Å²) in [5, 5.41) is 20.7. The molecule has 0 aromatic carbocycles. The van der Waals surface area contributed by atoms with E-state index < -0.39 is 91.5 Å². The van der Waals surface area contributed by atoms with Crippen molar-refractivity contribution in [3.05, 3.63) is 158 Å². The number of ether oxygens (including phenoxy) is 3. The molecule has 105 heavy (non-hydrogen) atoms. The number of allylic oxidation sites excluding steroid dienone is 26. The van der Waals surface area contributed by atoms with Crippen LogP contribution in [0.1, 0.15) is 316 Å². The standard InChI is InChI=1S/C87H146O16P2/c1-4-7-10-13-16-19-22-25-28-30-32-34-36-38-40-42-44-46-48-50-53-55-58-61-64-67-70-73-85(90)97-76-82(88)77-99-104(93,94)100-78-83(89)79-101-105(95,96)102-81-84(103-87(92)75-72-69-66-63-60-57-52-27-24-21-18-15-12-9-6-3)80-98-86(91)74-71-68-65-62-59-56-54-51-49-47-45-43-41-39-37-35-33-31-29-26-23-20-17-14-11-8-5-2/h7-8,10-11,16-17,19-20,25-29,32-35,38-41,44-47,52,82-84,88-89H,4-6,9,12-15,18,21-24,30-31,36-37,42-43,48-51,53-81H2,1-3H3,(H,93,94)(H,95,96)/b10-7-,11-8-,19-16-,20-17-,28-25-,29-26-,34-32-,35-33-,40-38-,41-39-,46-44-,47-45-,52-27-. The van der Waals surface area contributed by atoms with Crippen LogP contribution in [0.2, 0.25) is 0 Å². The average Bonchev–Trinajstić information content (AvgIpc) is 0.942. The van der Waals surface area contributed by atoms with Crippen LogP contribution in [0.25, 0.3) is 0 Å². The molecule has 5 unspecified atom stereocenters. The van der Waals surface area contributed by atoms with Gasteiger partial charge in [0, 0.05) is 19.3 Å². The Morgan fingerprint density at radius 1 is 0.276 bits per heavy atom. The maximum Gasteiger partial charge on any atom is 0.472 e. The predicted octanol–water partition coefficient (Wildman–Crippen LogP) is 24.2. The van der Waals surface area contributed by atoms with Crippen LogP contribution in [0.3, 0.4) is 0 Å². The summed E-state index contributed by atoms with van der Waals surface area (Å²) in [7, 11) is -9.81. The van der Waals surface area contributed by atoms with Crippen molar-refractivity contribution in [2.45, 2.75) is 334 Å². The van der Waals surface area contributed by atoms with Crippen LogP contribution < -0.4 is 0 Å². The molecule has 0 saturated carbocycles. The van der Waals surface area contributed by atoms with Crippen molar-refractivity contribution in [1.29, 1.82) is 0 Å². The van der Waals surface area contributed by atoms with Crippen molar-refractivity contribution in [3.8, 4) is 0 Å². The van der Waals surface area contributed by atoms with Crippen LogP contribution in [0.5, 0.6) is 0 Å². The van der Waals surface area contributed by atoms with Crippen LogP contribution in [0.15, 0.2) is 158 Å². The van der Waals surface area contributed by atoms with E-state index in [1.165, 1.54) is 70.6 Å². The second-order valence-corrected chi connectivity index (χ2v) is 29.7. The number of aliphatic hydroxyl groups excluding tert-OH is 2. The van der Waals surface area contributed by atoms with Gasteiger partial charge in [0.05, 0.1) is 26.4 Å². The number of phosphoric ester groups is 2. The van der Waals surface area contributed by atoms with E-state index in [1.54, 1.807) is 0 Å². The smallest absolute Gasteiger partial charge is 0.463 e. The molecule has 0 fully saturated rings. The quantitative estimate of drug-likeness (QED) is 0.0146. The third-order valence-corrected chi connectivity index (χ3v) is 18.6. The molecule has 16 nitrogen and oxygen atoms in total. The maximum atomic E-state index is 13.0. The molecule has 0 aliphatic rings. The minimum absolute atomic E-state index is 0.0890. The molecule has 0 aromatic heterocycles. The van der Waals surface area contributed by atoms with Gasteiger partial charge in [0.1, 0.15) is 25.4 Å². The molecule has 18 heteroatoms. The first kappa shape index (κ1) is 100. The second-order valence-electron chi connectivity index (χ2n) is 26.8. The molecule has 0 heterocycles. The fourth-order valence-electron chi connectivity index (χ4n) is 10.6. The lowest BCUT2D eigenvalue weighted by Gasteiger charge is -2.21. The molecular formula is C87H146O16P2. The zero-order valence-electron chi connectivity index (χ0n) is 65.6. The van der Waals surface area contributed by atoms with Crippen LogP contribution in [0, 0.1) is 0 Å². The molecule has 0 spiro atoms. The molecule has 5 atom stereocenters. The van der Waals surface area contributed by atoms with Crippen molar-refractivity contribution in [3.63, 3.8) is 0 Å². The summed E-state index contributed by atoms with van der Waals surface area (Å²) in [5.41, 5.74) is 0. The van der Waals surface area contributed by atoms with E-state index in [0.717, 1.165) is 186 Å².